The number of piperazine rings is 1. The van der Waals surface area contributed by atoms with Crippen molar-refractivity contribution in [3.05, 3.63) is 35.9 Å². The van der Waals surface area contributed by atoms with Crippen LogP contribution >= 0.6 is 0 Å². The van der Waals surface area contributed by atoms with E-state index in [0.717, 1.165) is 12.8 Å². The van der Waals surface area contributed by atoms with E-state index >= 15 is 0 Å². The Morgan fingerprint density at radius 2 is 2.00 bits per heavy atom. The van der Waals surface area contributed by atoms with Crippen molar-refractivity contribution in [1.29, 1.82) is 0 Å². The maximum atomic E-state index is 11.8. The van der Waals surface area contributed by atoms with Crippen LogP contribution in [-0.4, -0.2) is 35.8 Å². The minimum atomic E-state index is -0.251. The molecule has 0 aliphatic carbocycles. The number of amides is 2. The molecular weight excluding hydrogens is 228 g/mol. The second-order valence-corrected chi connectivity index (χ2v) is 4.58. The fourth-order valence-corrected chi connectivity index (χ4v) is 2.10. The average Bonchev–Trinajstić information content (AvgIpc) is 2.39. The molecule has 1 N–H and O–H groups in total. The van der Waals surface area contributed by atoms with Gasteiger partial charge in [-0.3, -0.25) is 19.8 Å². The van der Waals surface area contributed by atoms with Gasteiger partial charge >= 0.3 is 0 Å². The first-order valence-corrected chi connectivity index (χ1v) is 6.30. The summed E-state index contributed by atoms with van der Waals surface area (Å²) in [7, 11) is 0. The van der Waals surface area contributed by atoms with Gasteiger partial charge in [0.2, 0.25) is 11.8 Å². The van der Waals surface area contributed by atoms with Gasteiger partial charge in [-0.1, -0.05) is 30.3 Å². The Morgan fingerprint density at radius 1 is 1.28 bits per heavy atom. The van der Waals surface area contributed by atoms with Crippen LogP contribution in [0.4, 0.5) is 0 Å². The predicted molar refractivity (Wildman–Crippen MR) is 68.9 cm³/mol. The molecule has 1 fully saturated rings. The molecule has 18 heavy (non-hydrogen) atoms. The van der Waals surface area contributed by atoms with Crippen LogP contribution in [0.3, 0.4) is 0 Å². The molecule has 1 unspecified atom stereocenters. The molecule has 96 valence electrons. The van der Waals surface area contributed by atoms with Gasteiger partial charge in [-0.2, -0.15) is 0 Å². The zero-order chi connectivity index (χ0) is 13.0. The van der Waals surface area contributed by atoms with Gasteiger partial charge in [0.25, 0.3) is 0 Å². The maximum absolute atomic E-state index is 11.8. The largest absolute Gasteiger partial charge is 0.298 e. The summed E-state index contributed by atoms with van der Waals surface area (Å²) >= 11 is 0. The van der Waals surface area contributed by atoms with E-state index in [1.165, 1.54) is 10.5 Å². The van der Waals surface area contributed by atoms with Crippen LogP contribution in [0.1, 0.15) is 18.9 Å². The fraction of sp³-hybridized carbons (Fsp3) is 0.429. The molecule has 2 rings (SSSR count). The molecule has 1 aromatic rings. The lowest BCUT2D eigenvalue weighted by Crippen LogP contribution is -2.57. The second kappa shape index (κ2) is 5.78. The molecule has 0 aromatic heterocycles. The van der Waals surface area contributed by atoms with Gasteiger partial charge in [0.1, 0.15) is 0 Å². The molecule has 1 aromatic carbocycles. The van der Waals surface area contributed by atoms with Gasteiger partial charge in [0.15, 0.2) is 0 Å². The van der Waals surface area contributed by atoms with Gasteiger partial charge < -0.3 is 0 Å². The lowest BCUT2D eigenvalue weighted by molar-refractivity contribution is -0.148. The molecule has 1 heterocycles. The third kappa shape index (κ3) is 2.96. The normalized spacial score (nSPS) is 20.3. The third-order valence-corrected chi connectivity index (χ3v) is 3.19. The number of rotatable bonds is 4. The highest BCUT2D eigenvalue weighted by molar-refractivity contribution is 6.00. The summed E-state index contributed by atoms with van der Waals surface area (Å²) in [6, 6.07) is 9.85. The number of hydrogen-bond donors (Lipinski definition) is 1. The molecular formula is C14H18N2O2. The lowest BCUT2D eigenvalue weighted by Gasteiger charge is -2.29. The summed E-state index contributed by atoms with van der Waals surface area (Å²) in [6.45, 7) is 2.57. The number of benzene rings is 1. The number of imide groups is 1. The van der Waals surface area contributed by atoms with Gasteiger partial charge in [-0.25, -0.2) is 0 Å². The molecule has 0 saturated carbocycles. The van der Waals surface area contributed by atoms with Gasteiger partial charge in [-0.05, 0) is 25.3 Å². The Balaban J connectivity index is 1.85. The molecule has 4 nitrogen and oxygen atoms in total. The highest BCUT2D eigenvalue weighted by Crippen LogP contribution is 2.07. The van der Waals surface area contributed by atoms with E-state index in [4.69, 9.17) is 0 Å². The molecule has 1 aliphatic rings. The topological polar surface area (TPSA) is 49.4 Å². The van der Waals surface area contributed by atoms with E-state index in [1.807, 2.05) is 18.2 Å². The molecule has 4 heteroatoms. The number of nitrogens with zero attached hydrogens (tertiary/aromatic N) is 1. The quantitative estimate of drug-likeness (QED) is 0.805. The zero-order valence-corrected chi connectivity index (χ0v) is 10.6. The Kier molecular flexibility index (Phi) is 4.10. The van der Waals surface area contributed by atoms with Gasteiger partial charge in [0, 0.05) is 6.54 Å². The smallest absolute Gasteiger partial charge is 0.246 e. The number of hydrogen-bond acceptors (Lipinski definition) is 3. The summed E-state index contributed by atoms with van der Waals surface area (Å²) in [5, 5.41) is 2.88. The van der Waals surface area contributed by atoms with Crippen molar-refractivity contribution in [3.8, 4) is 0 Å². The first-order chi connectivity index (χ1) is 8.68. The lowest BCUT2D eigenvalue weighted by atomic mass is 10.1. The molecule has 2 amide bonds. The van der Waals surface area contributed by atoms with Gasteiger partial charge in [0.05, 0.1) is 12.6 Å². The SMILES string of the molecule is CC1NCC(=O)N(CCCc2ccccc2)C1=O. The van der Waals surface area contributed by atoms with Crippen molar-refractivity contribution in [2.75, 3.05) is 13.1 Å². The predicted octanol–water partition coefficient (Wildman–Crippen LogP) is 0.966. The first-order valence-electron chi connectivity index (χ1n) is 6.30. The second-order valence-electron chi connectivity index (χ2n) is 4.58. The van der Waals surface area contributed by atoms with E-state index in [9.17, 15) is 9.59 Å². The van der Waals surface area contributed by atoms with Gasteiger partial charge in [-0.15, -0.1) is 0 Å². The van der Waals surface area contributed by atoms with Crippen LogP contribution in [0.5, 0.6) is 0 Å². The maximum Gasteiger partial charge on any atom is 0.246 e. The number of carbonyl (C=O) groups is 2. The van der Waals surface area contributed by atoms with Crippen LogP contribution in [0.2, 0.25) is 0 Å². The highest BCUT2D eigenvalue weighted by atomic mass is 16.2. The Labute approximate surface area is 107 Å². The summed E-state index contributed by atoms with van der Waals surface area (Å²) < 4.78 is 0. The van der Waals surface area contributed by atoms with Crippen LogP contribution in [-0.2, 0) is 16.0 Å². The minimum Gasteiger partial charge on any atom is -0.298 e. The third-order valence-electron chi connectivity index (χ3n) is 3.19. The molecule has 1 saturated heterocycles. The highest BCUT2D eigenvalue weighted by Gasteiger charge is 2.30. The Morgan fingerprint density at radius 3 is 2.72 bits per heavy atom. The van der Waals surface area contributed by atoms with Crippen LogP contribution in [0.25, 0.3) is 0 Å². The molecule has 0 bridgehead atoms. The molecule has 0 radical (unpaired) electrons. The number of aryl methyl sites for hydroxylation is 1. The van der Waals surface area contributed by atoms with Crippen LogP contribution in [0, 0.1) is 0 Å². The van der Waals surface area contributed by atoms with E-state index in [1.54, 1.807) is 6.92 Å². The zero-order valence-electron chi connectivity index (χ0n) is 10.6. The van der Waals surface area contributed by atoms with Crippen molar-refractivity contribution in [1.82, 2.24) is 10.2 Å². The first kappa shape index (κ1) is 12.8. The summed E-state index contributed by atoms with van der Waals surface area (Å²) in [6.07, 6.45) is 1.70. The fourth-order valence-electron chi connectivity index (χ4n) is 2.10. The number of carbonyl (C=O) groups excluding carboxylic acids is 2. The molecule has 0 spiro atoms. The summed E-state index contributed by atoms with van der Waals surface area (Å²) in [5.74, 6) is -0.231. The number of nitrogens with one attached hydrogen (secondary N) is 1. The Bertz CT molecular complexity index is 431. The average molecular weight is 246 g/mol. The molecule has 1 aliphatic heterocycles. The van der Waals surface area contributed by atoms with Crippen molar-refractivity contribution < 1.29 is 9.59 Å². The van der Waals surface area contributed by atoms with Crippen molar-refractivity contribution in [2.45, 2.75) is 25.8 Å². The molecule has 1 atom stereocenters. The van der Waals surface area contributed by atoms with E-state index in [-0.39, 0.29) is 24.4 Å². The standard InChI is InChI=1S/C14H18N2O2/c1-11-14(18)16(13(17)10-15-11)9-5-8-12-6-3-2-4-7-12/h2-4,6-7,11,15H,5,8-10H2,1H3. The van der Waals surface area contributed by atoms with Crippen LogP contribution in [0.15, 0.2) is 30.3 Å². The van der Waals surface area contributed by atoms with E-state index in [2.05, 4.69) is 17.4 Å². The summed E-state index contributed by atoms with van der Waals surface area (Å²) in [4.78, 5) is 24.8. The van der Waals surface area contributed by atoms with Crippen LogP contribution < -0.4 is 5.32 Å². The summed E-state index contributed by atoms with van der Waals surface area (Å²) in [5.41, 5.74) is 1.24. The van der Waals surface area contributed by atoms with Crippen molar-refractivity contribution >= 4 is 11.8 Å². The monoisotopic (exact) mass is 246 g/mol. The Hall–Kier alpha value is -1.68. The van der Waals surface area contributed by atoms with Crippen molar-refractivity contribution in [3.63, 3.8) is 0 Å². The van der Waals surface area contributed by atoms with E-state index in [0.29, 0.717) is 6.54 Å². The minimum absolute atomic E-state index is 0.112. The van der Waals surface area contributed by atoms with E-state index < -0.39 is 0 Å². The van der Waals surface area contributed by atoms with Crippen molar-refractivity contribution in [2.24, 2.45) is 0 Å².